The summed E-state index contributed by atoms with van der Waals surface area (Å²) < 4.78 is 0. The maximum Gasteiger partial charge on any atom is 0.223 e. The maximum absolute atomic E-state index is 12.1. The normalized spacial score (nSPS) is 12.9. The van der Waals surface area contributed by atoms with Crippen molar-refractivity contribution in [3.8, 4) is 0 Å². The Morgan fingerprint density at radius 2 is 1.94 bits per heavy atom. The lowest BCUT2D eigenvalue weighted by atomic mass is 9.93. The predicted molar refractivity (Wildman–Crippen MR) is 73.7 cm³/mol. The summed E-state index contributed by atoms with van der Waals surface area (Å²) >= 11 is 0. The van der Waals surface area contributed by atoms with Gasteiger partial charge in [-0.2, -0.15) is 0 Å². The second-order valence-corrected chi connectivity index (χ2v) is 5.36. The molecular formula is C14H28N2O. The Balaban J connectivity index is 4.40. The molecule has 0 saturated heterocycles. The Bertz CT molecular complexity index is 236. The average Bonchev–Trinajstić information content (AvgIpc) is 2.23. The van der Waals surface area contributed by atoms with Crippen molar-refractivity contribution in [1.29, 1.82) is 0 Å². The smallest absolute Gasteiger partial charge is 0.223 e. The van der Waals surface area contributed by atoms with E-state index in [0.717, 1.165) is 6.42 Å². The molecule has 1 unspecified atom stereocenters. The van der Waals surface area contributed by atoms with Gasteiger partial charge in [0.15, 0.2) is 0 Å². The van der Waals surface area contributed by atoms with Crippen LogP contribution >= 0.6 is 0 Å². The van der Waals surface area contributed by atoms with E-state index in [2.05, 4.69) is 20.4 Å². The van der Waals surface area contributed by atoms with Crippen molar-refractivity contribution < 1.29 is 4.79 Å². The molecule has 0 aliphatic heterocycles. The van der Waals surface area contributed by atoms with Crippen LogP contribution in [-0.4, -0.2) is 29.9 Å². The summed E-state index contributed by atoms with van der Waals surface area (Å²) in [6.45, 7) is 13.3. The van der Waals surface area contributed by atoms with Gasteiger partial charge in [0.2, 0.25) is 5.91 Å². The summed E-state index contributed by atoms with van der Waals surface area (Å²) in [4.78, 5) is 14.0. The molecular weight excluding hydrogens is 212 g/mol. The van der Waals surface area contributed by atoms with E-state index in [4.69, 9.17) is 5.73 Å². The first-order valence-corrected chi connectivity index (χ1v) is 6.52. The summed E-state index contributed by atoms with van der Waals surface area (Å²) in [6.07, 6.45) is 3.35. The molecule has 0 bridgehead atoms. The quantitative estimate of drug-likeness (QED) is 0.662. The maximum atomic E-state index is 12.1. The number of nitrogens with two attached hydrogens (primary N) is 1. The number of amides is 1. The molecule has 0 aromatic rings. The summed E-state index contributed by atoms with van der Waals surface area (Å²) in [5.74, 6) is 1.08. The molecule has 0 aliphatic carbocycles. The number of carbonyl (C=O) groups excluding carboxylic acids is 1. The lowest BCUT2D eigenvalue weighted by Crippen LogP contribution is -2.38. The van der Waals surface area contributed by atoms with Gasteiger partial charge in [0, 0.05) is 19.0 Å². The van der Waals surface area contributed by atoms with E-state index in [1.165, 1.54) is 0 Å². The second kappa shape index (κ2) is 8.29. The van der Waals surface area contributed by atoms with E-state index >= 15 is 0 Å². The fourth-order valence-electron chi connectivity index (χ4n) is 2.03. The topological polar surface area (TPSA) is 46.3 Å². The molecule has 17 heavy (non-hydrogen) atoms. The molecule has 0 fully saturated rings. The largest absolute Gasteiger partial charge is 0.337 e. The highest BCUT2D eigenvalue weighted by Gasteiger charge is 2.20. The molecule has 0 rings (SSSR count). The number of rotatable bonds is 8. The zero-order chi connectivity index (χ0) is 13.4. The van der Waals surface area contributed by atoms with Gasteiger partial charge in [0.25, 0.3) is 0 Å². The van der Waals surface area contributed by atoms with Crippen LogP contribution in [0.25, 0.3) is 0 Å². The zero-order valence-electron chi connectivity index (χ0n) is 11.8. The minimum absolute atomic E-state index is 0.191. The van der Waals surface area contributed by atoms with E-state index < -0.39 is 0 Å². The van der Waals surface area contributed by atoms with Gasteiger partial charge in [-0.15, -0.1) is 6.58 Å². The highest BCUT2D eigenvalue weighted by Crippen LogP contribution is 2.16. The summed E-state index contributed by atoms with van der Waals surface area (Å²) in [6, 6.07) is 0.220. The van der Waals surface area contributed by atoms with Crippen LogP contribution in [0.2, 0.25) is 0 Å². The molecule has 0 saturated carbocycles. The molecule has 0 radical (unpaired) electrons. The molecule has 0 heterocycles. The van der Waals surface area contributed by atoms with Crippen LogP contribution in [-0.2, 0) is 4.79 Å². The first kappa shape index (κ1) is 16.2. The molecule has 3 heteroatoms. The van der Waals surface area contributed by atoms with Crippen LogP contribution in [0.4, 0.5) is 0 Å². The van der Waals surface area contributed by atoms with E-state index in [1.807, 2.05) is 18.7 Å². The molecule has 1 atom stereocenters. The average molecular weight is 240 g/mol. The zero-order valence-corrected chi connectivity index (χ0v) is 11.8. The summed E-state index contributed by atoms with van der Waals surface area (Å²) in [5.41, 5.74) is 5.73. The van der Waals surface area contributed by atoms with E-state index in [9.17, 15) is 4.79 Å². The van der Waals surface area contributed by atoms with Crippen LogP contribution in [0.15, 0.2) is 12.7 Å². The molecule has 0 aliphatic rings. The van der Waals surface area contributed by atoms with Crippen molar-refractivity contribution in [2.24, 2.45) is 17.6 Å². The second-order valence-electron chi connectivity index (χ2n) is 5.36. The van der Waals surface area contributed by atoms with Gasteiger partial charge in [0.1, 0.15) is 0 Å². The monoisotopic (exact) mass is 240 g/mol. The van der Waals surface area contributed by atoms with Gasteiger partial charge in [0.05, 0.1) is 0 Å². The number of hydrogen-bond donors (Lipinski definition) is 1. The highest BCUT2D eigenvalue weighted by molar-refractivity contribution is 5.76. The first-order chi connectivity index (χ1) is 7.92. The van der Waals surface area contributed by atoms with E-state index in [-0.39, 0.29) is 11.9 Å². The Morgan fingerprint density at radius 3 is 2.29 bits per heavy atom. The van der Waals surface area contributed by atoms with Crippen molar-refractivity contribution in [3.05, 3.63) is 12.7 Å². The standard InChI is InChI=1S/C14H28N2O/c1-6-7-16(12(4)5)14(17)9-13(10-15)8-11(2)3/h6,11-13H,1,7-10,15H2,2-5H3. The SMILES string of the molecule is C=CCN(C(=O)CC(CN)CC(C)C)C(C)C. The van der Waals surface area contributed by atoms with Crippen LogP contribution in [0.3, 0.4) is 0 Å². The summed E-state index contributed by atoms with van der Waals surface area (Å²) in [7, 11) is 0. The lowest BCUT2D eigenvalue weighted by Gasteiger charge is -2.27. The van der Waals surface area contributed by atoms with Crippen molar-refractivity contribution in [1.82, 2.24) is 4.90 Å². The number of hydrogen-bond acceptors (Lipinski definition) is 2. The molecule has 2 N–H and O–H groups in total. The van der Waals surface area contributed by atoms with Crippen molar-refractivity contribution in [2.75, 3.05) is 13.1 Å². The minimum Gasteiger partial charge on any atom is -0.337 e. The minimum atomic E-state index is 0.191. The third kappa shape index (κ3) is 6.47. The van der Waals surface area contributed by atoms with Crippen LogP contribution in [0.1, 0.15) is 40.5 Å². The van der Waals surface area contributed by atoms with Gasteiger partial charge in [-0.3, -0.25) is 4.79 Å². The Morgan fingerprint density at radius 1 is 1.35 bits per heavy atom. The van der Waals surface area contributed by atoms with Crippen LogP contribution in [0.5, 0.6) is 0 Å². The van der Waals surface area contributed by atoms with Crippen molar-refractivity contribution in [2.45, 2.75) is 46.6 Å². The third-order valence-corrected chi connectivity index (χ3v) is 2.87. The first-order valence-electron chi connectivity index (χ1n) is 6.52. The summed E-state index contributed by atoms with van der Waals surface area (Å²) in [5, 5.41) is 0. The predicted octanol–water partition coefficient (Wildman–Crippen LogP) is 2.42. The fraction of sp³-hybridized carbons (Fsp3) is 0.786. The van der Waals surface area contributed by atoms with Crippen molar-refractivity contribution in [3.63, 3.8) is 0 Å². The number of nitrogens with zero attached hydrogens (tertiary/aromatic N) is 1. The van der Waals surface area contributed by atoms with Gasteiger partial charge in [-0.05, 0) is 38.6 Å². The van der Waals surface area contributed by atoms with Gasteiger partial charge < -0.3 is 10.6 Å². The molecule has 3 nitrogen and oxygen atoms in total. The van der Waals surface area contributed by atoms with Gasteiger partial charge in [-0.1, -0.05) is 19.9 Å². The van der Waals surface area contributed by atoms with Crippen LogP contribution in [0, 0.1) is 11.8 Å². The van der Waals surface area contributed by atoms with E-state index in [1.54, 1.807) is 6.08 Å². The third-order valence-electron chi connectivity index (χ3n) is 2.87. The van der Waals surface area contributed by atoms with Gasteiger partial charge in [-0.25, -0.2) is 0 Å². The lowest BCUT2D eigenvalue weighted by molar-refractivity contribution is -0.133. The number of carbonyl (C=O) groups is 1. The molecule has 0 spiro atoms. The molecule has 100 valence electrons. The Hall–Kier alpha value is -0.830. The van der Waals surface area contributed by atoms with Gasteiger partial charge >= 0.3 is 0 Å². The van der Waals surface area contributed by atoms with Crippen LogP contribution < -0.4 is 5.73 Å². The molecule has 0 aromatic carbocycles. The Labute approximate surface area is 106 Å². The highest BCUT2D eigenvalue weighted by atomic mass is 16.2. The fourth-order valence-corrected chi connectivity index (χ4v) is 2.03. The molecule has 0 aromatic heterocycles. The Kier molecular flexibility index (Phi) is 7.88. The molecule has 1 amide bonds. The van der Waals surface area contributed by atoms with E-state index in [0.29, 0.717) is 31.3 Å². The van der Waals surface area contributed by atoms with Crippen molar-refractivity contribution >= 4 is 5.91 Å².